The lowest BCUT2D eigenvalue weighted by Crippen LogP contribution is -1.99. The van der Waals surface area contributed by atoms with Gasteiger partial charge >= 0.3 is 0 Å². The third-order valence-electron chi connectivity index (χ3n) is 2.73. The zero-order chi connectivity index (χ0) is 13.2. The standard InChI is InChI=1S/C13H11BrN4O/c1-18-16-12(15-17-18)8-19-11-7-6-9-4-2-3-5-10(9)13(11)14/h2-7H,8H2,1H3. The zero-order valence-electron chi connectivity index (χ0n) is 10.2. The van der Waals surface area contributed by atoms with Crippen LogP contribution in [-0.4, -0.2) is 20.2 Å². The summed E-state index contributed by atoms with van der Waals surface area (Å²) in [5, 5.41) is 14.0. The normalized spacial score (nSPS) is 10.8. The summed E-state index contributed by atoms with van der Waals surface area (Å²) in [6.45, 7) is 0.296. The molecule has 3 aromatic rings. The lowest BCUT2D eigenvalue weighted by molar-refractivity contribution is 0.294. The fourth-order valence-corrected chi connectivity index (χ4v) is 2.46. The Bertz CT molecular complexity index is 725. The number of benzene rings is 2. The molecule has 0 radical (unpaired) electrons. The predicted molar refractivity (Wildman–Crippen MR) is 74.8 cm³/mol. The van der Waals surface area contributed by atoms with E-state index < -0.39 is 0 Å². The molecule has 2 aromatic carbocycles. The Balaban J connectivity index is 1.87. The average Bonchev–Trinajstić information content (AvgIpc) is 2.84. The number of halogens is 1. The van der Waals surface area contributed by atoms with Gasteiger partial charge in [0.25, 0.3) is 0 Å². The van der Waals surface area contributed by atoms with Crippen molar-refractivity contribution in [3.8, 4) is 5.75 Å². The molecule has 0 unspecified atom stereocenters. The van der Waals surface area contributed by atoms with Gasteiger partial charge in [-0.3, -0.25) is 0 Å². The minimum absolute atomic E-state index is 0.296. The van der Waals surface area contributed by atoms with Gasteiger partial charge in [0.05, 0.1) is 11.5 Å². The fraction of sp³-hybridized carbons (Fsp3) is 0.154. The van der Waals surface area contributed by atoms with Gasteiger partial charge in [-0.2, -0.15) is 4.80 Å². The summed E-state index contributed by atoms with van der Waals surface area (Å²) in [4.78, 5) is 1.41. The van der Waals surface area contributed by atoms with Crippen LogP contribution in [-0.2, 0) is 13.7 Å². The molecule has 0 bridgehead atoms. The highest BCUT2D eigenvalue weighted by Gasteiger charge is 2.07. The Morgan fingerprint density at radius 3 is 2.84 bits per heavy atom. The third-order valence-corrected chi connectivity index (χ3v) is 3.55. The topological polar surface area (TPSA) is 52.8 Å². The lowest BCUT2D eigenvalue weighted by Gasteiger charge is -2.08. The van der Waals surface area contributed by atoms with E-state index in [1.54, 1.807) is 7.05 Å². The van der Waals surface area contributed by atoms with Gasteiger partial charge in [0.2, 0.25) is 5.82 Å². The molecule has 0 N–H and O–H groups in total. The molecule has 0 aliphatic carbocycles. The largest absolute Gasteiger partial charge is 0.484 e. The molecule has 1 aromatic heterocycles. The van der Waals surface area contributed by atoms with Gasteiger partial charge in [-0.15, -0.1) is 10.2 Å². The Hall–Kier alpha value is -1.95. The lowest BCUT2D eigenvalue weighted by atomic mass is 10.1. The summed E-state index contributed by atoms with van der Waals surface area (Å²) in [7, 11) is 1.72. The highest BCUT2D eigenvalue weighted by molar-refractivity contribution is 9.10. The molecule has 96 valence electrons. The van der Waals surface area contributed by atoms with Crippen molar-refractivity contribution >= 4 is 26.7 Å². The summed E-state index contributed by atoms with van der Waals surface area (Å²) in [6.07, 6.45) is 0. The van der Waals surface area contributed by atoms with Crippen LogP contribution in [0, 0.1) is 0 Å². The van der Waals surface area contributed by atoms with E-state index in [1.807, 2.05) is 30.3 Å². The first-order valence-electron chi connectivity index (χ1n) is 5.77. The number of hydrogen-bond donors (Lipinski definition) is 0. The van der Waals surface area contributed by atoms with Crippen molar-refractivity contribution in [3.63, 3.8) is 0 Å². The van der Waals surface area contributed by atoms with E-state index >= 15 is 0 Å². The second-order valence-electron chi connectivity index (χ2n) is 4.08. The number of aryl methyl sites for hydroxylation is 1. The van der Waals surface area contributed by atoms with Gasteiger partial charge in [0, 0.05) is 0 Å². The van der Waals surface area contributed by atoms with Crippen LogP contribution in [0.15, 0.2) is 40.9 Å². The second kappa shape index (κ2) is 4.97. The van der Waals surface area contributed by atoms with Crippen molar-refractivity contribution < 1.29 is 4.74 Å². The van der Waals surface area contributed by atoms with Crippen LogP contribution in [0.2, 0.25) is 0 Å². The van der Waals surface area contributed by atoms with E-state index in [0.29, 0.717) is 12.4 Å². The van der Waals surface area contributed by atoms with Gasteiger partial charge in [-0.05, 0) is 38.0 Å². The highest BCUT2D eigenvalue weighted by atomic mass is 79.9. The van der Waals surface area contributed by atoms with Crippen molar-refractivity contribution in [2.24, 2.45) is 7.05 Å². The smallest absolute Gasteiger partial charge is 0.212 e. The Labute approximate surface area is 118 Å². The average molecular weight is 319 g/mol. The van der Waals surface area contributed by atoms with Gasteiger partial charge in [-0.25, -0.2) is 0 Å². The maximum Gasteiger partial charge on any atom is 0.212 e. The molecule has 0 aliphatic heterocycles. The Kier molecular flexibility index (Phi) is 3.16. The molecule has 0 spiro atoms. The molecule has 0 fully saturated rings. The number of aromatic nitrogens is 4. The first-order chi connectivity index (χ1) is 9.24. The summed E-state index contributed by atoms with van der Waals surface area (Å²) < 4.78 is 6.66. The van der Waals surface area contributed by atoms with Crippen LogP contribution in [0.5, 0.6) is 5.75 Å². The van der Waals surface area contributed by atoms with Gasteiger partial charge in [0.15, 0.2) is 6.61 Å². The molecule has 19 heavy (non-hydrogen) atoms. The van der Waals surface area contributed by atoms with Crippen molar-refractivity contribution in [2.45, 2.75) is 6.61 Å². The minimum atomic E-state index is 0.296. The minimum Gasteiger partial charge on any atom is -0.484 e. The SMILES string of the molecule is Cn1nnc(COc2ccc3ccccc3c2Br)n1. The zero-order valence-corrected chi connectivity index (χ0v) is 11.8. The predicted octanol–water partition coefficient (Wildman–Crippen LogP) is 2.70. The van der Waals surface area contributed by atoms with E-state index in [1.165, 1.54) is 10.2 Å². The molecular weight excluding hydrogens is 308 g/mol. The summed E-state index contributed by atoms with van der Waals surface area (Å²) in [5.41, 5.74) is 0. The maximum atomic E-state index is 5.72. The van der Waals surface area contributed by atoms with Crippen molar-refractivity contribution in [1.82, 2.24) is 20.2 Å². The van der Waals surface area contributed by atoms with Crippen LogP contribution in [0.3, 0.4) is 0 Å². The number of nitrogens with zero attached hydrogens (tertiary/aromatic N) is 4. The number of tetrazole rings is 1. The Morgan fingerprint density at radius 2 is 2.05 bits per heavy atom. The number of fused-ring (bicyclic) bond motifs is 1. The summed E-state index contributed by atoms with van der Waals surface area (Å²) in [5.74, 6) is 1.33. The van der Waals surface area contributed by atoms with Crippen LogP contribution in [0.25, 0.3) is 10.8 Å². The van der Waals surface area contributed by atoms with E-state index in [4.69, 9.17) is 4.74 Å². The van der Waals surface area contributed by atoms with Crippen molar-refractivity contribution in [2.75, 3.05) is 0 Å². The molecule has 0 amide bonds. The second-order valence-corrected chi connectivity index (χ2v) is 4.88. The molecule has 0 atom stereocenters. The van der Waals surface area contributed by atoms with Gasteiger partial charge in [0.1, 0.15) is 5.75 Å². The van der Waals surface area contributed by atoms with E-state index in [-0.39, 0.29) is 0 Å². The molecule has 0 saturated heterocycles. The van der Waals surface area contributed by atoms with Crippen molar-refractivity contribution in [3.05, 3.63) is 46.7 Å². The summed E-state index contributed by atoms with van der Waals surface area (Å²) in [6, 6.07) is 12.1. The summed E-state index contributed by atoms with van der Waals surface area (Å²) >= 11 is 3.57. The molecule has 1 heterocycles. The van der Waals surface area contributed by atoms with Crippen molar-refractivity contribution in [1.29, 1.82) is 0 Å². The number of rotatable bonds is 3. The Morgan fingerprint density at radius 1 is 1.21 bits per heavy atom. The molecular formula is C13H11BrN4O. The van der Waals surface area contributed by atoms with Crippen LogP contribution in [0.4, 0.5) is 0 Å². The van der Waals surface area contributed by atoms with Crippen LogP contribution < -0.4 is 4.74 Å². The molecule has 0 aliphatic rings. The van der Waals surface area contributed by atoms with Gasteiger partial charge < -0.3 is 4.74 Å². The third kappa shape index (κ3) is 2.44. The number of hydrogen-bond acceptors (Lipinski definition) is 4. The van der Waals surface area contributed by atoms with Crippen LogP contribution in [0.1, 0.15) is 5.82 Å². The van der Waals surface area contributed by atoms with Crippen LogP contribution >= 0.6 is 15.9 Å². The van der Waals surface area contributed by atoms with E-state index in [2.05, 4.69) is 37.4 Å². The molecule has 3 rings (SSSR count). The quantitative estimate of drug-likeness (QED) is 0.745. The first kappa shape index (κ1) is 12.1. The first-order valence-corrected chi connectivity index (χ1v) is 6.56. The van der Waals surface area contributed by atoms with E-state index in [9.17, 15) is 0 Å². The van der Waals surface area contributed by atoms with Gasteiger partial charge in [-0.1, -0.05) is 30.3 Å². The fourth-order valence-electron chi connectivity index (χ4n) is 1.85. The molecule has 0 saturated carbocycles. The number of ether oxygens (including phenoxy) is 1. The molecule has 6 heteroatoms. The maximum absolute atomic E-state index is 5.72. The van der Waals surface area contributed by atoms with E-state index in [0.717, 1.165) is 15.6 Å². The highest BCUT2D eigenvalue weighted by Crippen LogP contribution is 2.33. The molecule has 5 nitrogen and oxygen atoms in total. The monoisotopic (exact) mass is 318 g/mol.